The highest BCUT2D eigenvalue weighted by Crippen LogP contribution is 2.27. The van der Waals surface area contributed by atoms with Crippen LogP contribution < -0.4 is 10.3 Å². The first-order valence-electron chi connectivity index (χ1n) is 7.43. The number of benzene rings is 1. The lowest BCUT2D eigenvalue weighted by molar-refractivity contribution is 0.408. The topological polar surface area (TPSA) is 47.0 Å². The Bertz CT molecular complexity index is 982. The van der Waals surface area contributed by atoms with Gasteiger partial charge in [0, 0.05) is 10.4 Å². The lowest BCUT2D eigenvalue weighted by atomic mass is 10.1. The zero-order valence-electron chi connectivity index (χ0n) is 13.3. The molecule has 2 heterocycles. The summed E-state index contributed by atoms with van der Waals surface area (Å²) in [6.07, 6.45) is 0.834. The van der Waals surface area contributed by atoms with Gasteiger partial charge in [-0.3, -0.25) is 9.36 Å². The van der Waals surface area contributed by atoms with Gasteiger partial charge < -0.3 is 9.72 Å². The monoisotopic (exact) mass is 346 g/mol. The van der Waals surface area contributed by atoms with Crippen molar-refractivity contribution in [3.05, 3.63) is 55.4 Å². The highest BCUT2D eigenvalue weighted by atomic mass is 32.1. The van der Waals surface area contributed by atoms with Gasteiger partial charge in [-0.2, -0.15) is 0 Å². The summed E-state index contributed by atoms with van der Waals surface area (Å²) in [5.74, 6) is 0.756. The fourth-order valence-corrected chi connectivity index (χ4v) is 4.31. The van der Waals surface area contributed by atoms with E-state index in [4.69, 9.17) is 17.0 Å². The minimum absolute atomic E-state index is 0.0316. The van der Waals surface area contributed by atoms with Crippen LogP contribution in [0.25, 0.3) is 10.2 Å². The summed E-state index contributed by atoms with van der Waals surface area (Å²) in [7, 11) is 1.63. The van der Waals surface area contributed by atoms with E-state index >= 15 is 0 Å². The average molecular weight is 346 g/mol. The van der Waals surface area contributed by atoms with Crippen molar-refractivity contribution in [1.82, 2.24) is 9.55 Å². The highest BCUT2D eigenvalue weighted by Gasteiger charge is 2.15. The number of methoxy groups -OCH3 is 1. The van der Waals surface area contributed by atoms with Gasteiger partial charge in [0.25, 0.3) is 5.56 Å². The standard InChI is InChI=1S/C17H18N2O2S2/c1-4-12-10(2)23-15-14(12)16(20)19(17(22)18-15)9-11-7-5-6-8-13(11)21-3/h5-8H,4,9H2,1-3H3,(H,18,22). The third-order valence-electron chi connectivity index (χ3n) is 4.01. The Kier molecular flexibility index (Phi) is 4.37. The van der Waals surface area contributed by atoms with Crippen LogP contribution in [0, 0.1) is 11.7 Å². The van der Waals surface area contributed by atoms with Crippen LogP contribution in [0.5, 0.6) is 5.75 Å². The van der Waals surface area contributed by atoms with Crippen molar-refractivity contribution >= 4 is 33.8 Å². The number of hydrogen-bond donors (Lipinski definition) is 1. The van der Waals surface area contributed by atoms with E-state index in [1.807, 2.05) is 31.2 Å². The Hall–Kier alpha value is -1.92. The average Bonchev–Trinajstić information content (AvgIpc) is 2.86. The molecule has 120 valence electrons. The first-order chi connectivity index (χ1) is 11.1. The fraction of sp³-hybridized carbons (Fsp3) is 0.294. The van der Waals surface area contributed by atoms with Crippen LogP contribution >= 0.6 is 23.6 Å². The maximum absolute atomic E-state index is 13.0. The van der Waals surface area contributed by atoms with Crippen LogP contribution in [-0.4, -0.2) is 16.7 Å². The number of aromatic amines is 1. The third-order valence-corrected chi connectivity index (χ3v) is 5.39. The molecule has 0 aliphatic heterocycles. The van der Waals surface area contributed by atoms with Crippen molar-refractivity contribution < 1.29 is 4.74 Å². The smallest absolute Gasteiger partial charge is 0.263 e. The second-order valence-electron chi connectivity index (χ2n) is 5.33. The van der Waals surface area contributed by atoms with E-state index in [0.717, 1.165) is 33.5 Å². The molecule has 0 atom stereocenters. The number of hydrogen-bond acceptors (Lipinski definition) is 4. The Labute approximate surface area is 143 Å². The molecule has 4 nitrogen and oxygen atoms in total. The molecule has 0 aliphatic carbocycles. The van der Waals surface area contributed by atoms with Crippen molar-refractivity contribution in [3.8, 4) is 5.75 Å². The predicted octanol–water partition coefficient (Wildman–Crippen LogP) is 4.05. The van der Waals surface area contributed by atoms with E-state index in [-0.39, 0.29) is 5.56 Å². The van der Waals surface area contributed by atoms with E-state index in [1.165, 1.54) is 4.88 Å². The van der Waals surface area contributed by atoms with E-state index in [2.05, 4.69) is 11.9 Å². The molecular weight excluding hydrogens is 328 g/mol. The number of nitrogens with zero attached hydrogens (tertiary/aromatic N) is 1. The van der Waals surface area contributed by atoms with Crippen molar-refractivity contribution in [2.45, 2.75) is 26.8 Å². The number of fused-ring (bicyclic) bond motifs is 1. The molecule has 0 unspecified atom stereocenters. The maximum atomic E-state index is 13.0. The molecule has 3 aromatic rings. The molecule has 0 spiro atoms. The van der Waals surface area contributed by atoms with Gasteiger partial charge in [0.2, 0.25) is 0 Å². The van der Waals surface area contributed by atoms with Crippen LogP contribution in [0.1, 0.15) is 22.9 Å². The molecule has 0 aliphatic rings. The van der Waals surface area contributed by atoms with Gasteiger partial charge in [-0.05, 0) is 37.2 Å². The summed E-state index contributed by atoms with van der Waals surface area (Å²) < 4.78 is 7.43. The molecule has 0 saturated heterocycles. The van der Waals surface area contributed by atoms with E-state index in [0.29, 0.717) is 11.3 Å². The van der Waals surface area contributed by atoms with Crippen LogP contribution in [-0.2, 0) is 13.0 Å². The molecule has 0 bridgehead atoms. The molecular formula is C17H18N2O2S2. The Balaban J connectivity index is 2.22. The summed E-state index contributed by atoms with van der Waals surface area (Å²) in [6, 6.07) is 7.68. The maximum Gasteiger partial charge on any atom is 0.263 e. The number of aromatic nitrogens is 2. The lowest BCUT2D eigenvalue weighted by Crippen LogP contribution is -2.23. The molecule has 0 saturated carbocycles. The normalized spacial score (nSPS) is 11.1. The van der Waals surface area contributed by atoms with E-state index in [9.17, 15) is 4.79 Å². The molecule has 0 radical (unpaired) electrons. The fourth-order valence-electron chi connectivity index (χ4n) is 2.86. The molecule has 0 fully saturated rings. The highest BCUT2D eigenvalue weighted by molar-refractivity contribution is 7.71. The van der Waals surface area contributed by atoms with Crippen LogP contribution in [0.15, 0.2) is 29.1 Å². The summed E-state index contributed by atoms with van der Waals surface area (Å²) in [5, 5.41) is 0.762. The van der Waals surface area contributed by atoms with Gasteiger partial charge in [-0.15, -0.1) is 11.3 Å². The molecule has 6 heteroatoms. The van der Waals surface area contributed by atoms with Crippen LogP contribution in [0.2, 0.25) is 0 Å². The minimum Gasteiger partial charge on any atom is -0.496 e. The largest absolute Gasteiger partial charge is 0.496 e. The molecule has 23 heavy (non-hydrogen) atoms. The SMILES string of the molecule is CCc1c(C)sc2[nH]c(=S)n(Cc3ccccc3OC)c(=O)c12. The molecule has 1 N–H and O–H groups in total. The zero-order chi connectivity index (χ0) is 16.6. The summed E-state index contributed by atoms with van der Waals surface area (Å²) in [6.45, 7) is 4.51. The number of ether oxygens (including phenoxy) is 1. The van der Waals surface area contributed by atoms with Crippen molar-refractivity contribution in [2.24, 2.45) is 0 Å². The summed E-state index contributed by atoms with van der Waals surface area (Å²) in [4.78, 5) is 18.2. The minimum atomic E-state index is -0.0316. The quantitative estimate of drug-likeness (QED) is 0.725. The first kappa shape index (κ1) is 16.0. The number of aryl methyl sites for hydroxylation is 2. The van der Waals surface area contributed by atoms with Gasteiger partial charge in [-0.1, -0.05) is 25.1 Å². The number of para-hydroxylation sites is 1. The van der Waals surface area contributed by atoms with Gasteiger partial charge in [0.1, 0.15) is 10.6 Å². The Morgan fingerprint density at radius 3 is 2.78 bits per heavy atom. The van der Waals surface area contributed by atoms with Crippen LogP contribution in [0.3, 0.4) is 0 Å². The van der Waals surface area contributed by atoms with Gasteiger partial charge in [-0.25, -0.2) is 0 Å². The number of thiophene rings is 1. The molecule has 1 aromatic carbocycles. The molecule has 2 aromatic heterocycles. The molecule has 0 amide bonds. The van der Waals surface area contributed by atoms with E-state index < -0.39 is 0 Å². The predicted molar refractivity (Wildman–Crippen MR) is 97.5 cm³/mol. The number of rotatable bonds is 4. The van der Waals surface area contributed by atoms with Gasteiger partial charge >= 0.3 is 0 Å². The van der Waals surface area contributed by atoms with Crippen molar-refractivity contribution in [2.75, 3.05) is 7.11 Å². The first-order valence-corrected chi connectivity index (χ1v) is 8.66. The van der Waals surface area contributed by atoms with Crippen molar-refractivity contribution in [3.63, 3.8) is 0 Å². The Morgan fingerprint density at radius 2 is 2.09 bits per heavy atom. The lowest BCUT2D eigenvalue weighted by Gasteiger charge is -2.11. The van der Waals surface area contributed by atoms with Crippen LogP contribution in [0.4, 0.5) is 0 Å². The van der Waals surface area contributed by atoms with Crippen molar-refractivity contribution in [1.29, 1.82) is 0 Å². The third kappa shape index (κ3) is 2.72. The summed E-state index contributed by atoms with van der Waals surface area (Å²) in [5.41, 5.74) is 2.01. The molecule has 3 rings (SSSR count). The number of H-pyrrole nitrogens is 1. The Morgan fingerprint density at radius 1 is 1.35 bits per heavy atom. The van der Waals surface area contributed by atoms with Gasteiger partial charge in [0.15, 0.2) is 4.77 Å². The second kappa shape index (κ2) is 6.29. The summed E-state index contributed by atoms with van der Waals surface area (Å²) >= 11 is 7.00. The van der Waals surface area contributed by atoms with E-state index in [1.54, 1.807) is 23.0 Å². The van der Waals surface area contributed by atoms with Gasteiger partial charge in [0.05, 0.1) is 19.0 Å². The zero-order valence-corrected chi connectivity index (χ0v) is 14.9. The second-order valence-corrected chi connectivity index (χ2v) is 6.94. The number of nitrogens with one attached hydrogen (secondary N) is 1.